The highest BCUT2D eigenvalue weighted by atomic mass is 19.1. The van der Waals surface area contributed by atoms with E-state index in [0.717, 1.165) is 47.9 Å². The van der Waals surface area contributed by atoms with Gasteiger partial charge in [0.15, 0.2) is 5.82 Å². The molecule has 1 aliphatic rings. The van der Waals surface area contributed by atoms with Gasteiger partial charge in [0.1, 0.15) is 0 Å². The molecule has 0 N–H and O–H groups in total. The van der Waals surface area contributed by atoms with Gasteiger partial charge in [0.2, 0.25) is 0 Å². The third kappa shape index (κ3) is 2.61. The van der Waals surface area contributed by atoms with Crippen molar-refractivity contribution in [1.82, 2.24) is 4.57 Å². The number of aryl methyl sites for hydroxylation is 1. The van der Waals surface area contributed by atoms with Crippen LogP contribution in [0.15, 0.2) is 23.3 Å². The Balaban J connectivity index is 2.28. The van der Waals surface area contributed by atoms with Crippen molar-refractivity contribution in [3.8, 4) is 0 Å². The molecule has 0 aliphatic heterocycles. The minimum Gasteiger partial charge on any atom is -0.348 e. The van der Waals surface area contributed by atoms with Crippen molar-refractivity contribution in [3.05, 3.63) is 35.3 Å². The second kappa shape index (κ2) is 4.97. The fourth-order valence-electron chi connectivity index (χ4n) is 3.20. The minimum absolute atomic E-state index is 0.0569. The number of hydrogen-bond acceptors (Lipinski definition) is 1. The van der Waals surface area contributed by atoms with Gasteiger partial charge in [-0.05, 0) is 64.2 Å². The molecule has 1 aromatic heterocycles. The predicted molar refractivity (Wildman–Crippen MR) is 86.7 cm³/mol. The molecule has 0 atom stereocenters. The molecule has 1 aliphatic carbocycles. The second-order valence-corrected chi connectivity index (χ2v) is 7.02. The number of aliphatic imine (C=N–C) groups is 1. The molecule has 21 heavy (non-hydrogen) atoms. The Bertz CT molecular complexity index is 717. The van der Waals surface area contributed by atoms with E-state index in [4.69, 9.17) is 4.99 Å². The van der Waals surface area contributed by atoms with E-state index in [-0.39, 0.29) is 11.4 Å². The molecule has 112 valence electrons. The lowest BCUT2D eigenvalue weighted by Gasteiger charge is -2.17. The van der Waals surface area contributed by atoms with Crippen LogP contribution in [0.5, 0.6) is 0 Å². The average molecular weight is 286 g/mol. The fourth-order valence-corrected chi connectivity index (χ4v) is 3.20. The van der Waals surface area contributed by atoms with E-state index in [9.17, 15) is 4.39 Å². The van der Waals surface area contributed by atoms with Gasteiger partial charge in [0, 0.05) is 29.9 Å². The van der Waals surface area contributed by atoms with Gasteiger partial charge in [-0.15, -0.1) is 0 Å². The van der Waals surface area contributed by atoms with Crippen LogP contribution in [0.2, 0.25) is 0 Å². The molecular formula is C18H23FN2. The first kappa shape index (κ1) is 14.3. The fraction of sp³-hybridized carbons (Fsp3) is 0.500. The third-order valence-electron chi connectivity index (χ3n) is 4.07. The Kier molecular flexibility index (Phi) is 3.39. The second-order valence-electron chi connectivity index (χ2n) is 7.02. The topological polar surface area (TPSA) is 17.3 Å². The van der Waals surface area contributed by atoms with Crippen LogP contribution < -0.4 is 0 Å². The average Bonchev–Trinajstić information content (AvgIpc) is 2.63. The zero-order valence-electron chi connectivity index (χ0n) is 13.3. The van der Waals surface area contributed by atoms with Gasteiger partial charge in [0.25, 0.3) is 0 Å². The van der Waals surface area contributed by atoms with Crippen molar-refractivity contribution in [2.75, 3.05) is 0 Å². The molecule has 3 rings (SSSR count). The molecule has 0 saturated heterocycles. The van der Waals surface area contributed by atoms with Gasteiger partial charge >= 0.3 is 0 Å². The lowest BCUT2D eigenvalue weighted by molar-refractivity contribution is 0.581. The van der Waals surface area contributed by atoms with Gasteiger partial charge in [-0.25, -0.2) is 4.39 Å². The molecular weight excluding hydrogens is 263 g/mol. The molecule has 0 radical (unpaired) electrons. The SMILES string of the molecule is Cn1ccc2cc3c(c(F)c21)CCCC/C3=N\C(C)(C)C. The molecule has 0 bridgehead atoms. The first-order valence-electron chi connectivity index (χ1n) is 7.72. The first-order valence-corrected chi connectivity index (χ1v) is 7.72. The number of fused-ring (bicyclic) bond motifs is 2. The molecule has 1 heterocycles. The lowest BCUT2D eigenvalue weighted by atomic mass is 9.97. The van der Waals surface area contributed by atoms with Crippen molar-refractivity contribution in [2.24, 2.45) is 12.0 Å². The molecule has 1 aromatic carbocycles. The summed E-state index contributed by atoms with van der Waals surface area (Å²) in [5, 5.41) is 0.970. The quantitative estimate of drug-likeness (QED) is 0.628. The van der Waals surface area contributed by atoms with E-state index in [1.165, 1.54) is 0 Å². The van der Waals surface area contributed by atoms with Gasteiger partial charge < -0.3 is 4.57 Å². The van der Waals surface area contributed by atoms with Gasteiger partial charge in [-0.1, -0.05) is 0 Å². The van der Waals surface area contributed by atoms with Gasteiger partial charge in [-0.3, -0.25) is 4.99 Å². The molecule has 0 fully saturated rings. The molecule has 0 spiro atoms. The predicted octanol–water partition coefficient (Wildman–Crippen LogP) is 4.63. The summed E-state index contributed by atoms with van der Waals surface area (Å²) in [4.78, 5) is 4.87. The minimum atomic E-state index is -0.126. The van der Waals surface area contributed by atoms with Crippen LogP contribution in [-0.4, -0.2) is 15.8 Å². The number of halogens is 1. The molecule has 2 nitrogen and oxygen atoms in total. The monoisotopic (exact) mass is 286 g/mol. The number of aromatic nitrogens is 1. The zero-order chi connectivity index (χ0) is 15.2. The third-order valence-corrected chi connectivity index (χ3v) is 4.07. The summed E-state index contributed by atoms with van der Waals surface area (Å²) in [6, 6.07) is 4.11. The van der Waals surface area contributed by atoms with Crippen LogP contribution in [0.3, 0.4) is 0 Å². The first-order chi connectivity index (χ1) is 9.87. The van der Waals surface area contributed by atoms with Crippen LogP contribution in [0.1, 0.15) is 51.2 Å². The van der Waals surface area contributed by atoms with Gasteiger partial charge in [0.05, 0.1) is 11.1 Å². The molecule has 0 unspecified atom stereocenters. The smallest absolute Gasteiger partial charge is 0.151 e. The zero-order valence-corrected chi connectivity index (χ0v) is 13.3. The highest BCUT2D eigenvalue weighted by Gasteiger charge is 2.22. The van der Waals surface area contributed by atoms with Crippen LogP contribution >= 0.6 is 0 Å². The van der Waals surface area contributed by atoms with Crippen LogP contribution in [0, 0.1) is 5.82 Å². The number of benzene rings is 1. The summed E-state index contributed by atoms with van der Waals surface area (Å²) in [7, 11) is 1.90. The van der Waals surface area contributed by atoms with E-state index >= 15 is 0 Å². The summed E-state index contributed by atoms with van der Waals surface area (Å²) in [5.41, 5.74) is 3.54. The summed E-state index contributed by atoms with van der Waals surface area (Å²) >= 11 is 0. The standard InChI is InChI=1S/C18H23FN2/c1-18(2,3)20-15-8-6-5-7-13-14(15)11-12-9-10-21(4)17(12)16(13)19/h9-11H,5-8H2,1-4H3/b20-15+. The molecule has 3 heteroatoms. The van der Waals surface area contributed by atoms with Crippen molar-refractivity contribution < 1.29 is 4.39 Å². The molecule has 2 aromatic rings. The normalized spacial score (nSPS) is 18.0. The molecule has 0 amide bonds. The summed E-state index contributed by atoms with van der Waals surface area (Å²) in [6.07, 6.45) is 5.80. The van der Waals surface area contributed by atoms with Crippen molar-refractivity contribution in [3.63, 3.8) is 0 Å². The maximum Gasteiger partial charge on any atom is 0.151 e. The van der Waals surface area contributed by atoms with Crippen molar-refractivity contribution in [1.29, 1.82) is 0 Å². The summed E-state index contributed by atoms with van der Waals surface area (Å²) in [6.45, 7) is 6.30. The summed E-state index contributed by atoms with van der Waals surface area (Å²) in [5.74, 6) is -0.0569. The van der Waals surface area contributed by atoms with Crippen LogP contribution in [0.25, 0.3) is 10.9 Å². The lowest BCUT2D eigenvalue weighted by Crippen LogP contribution is -2.16. The van der Waals surface area contributed by atoms with Crippen LogP contribution in [0.4, 0.5) is 4.39 Å². The highest BCUT2D eigenvalue weighted by molar-refractivity contribution is 6.05. The summed E-state index contributed by atoms with van der Waals surface area (Å²) < 4.78 is 16.8. The van der Waals surface area contributed by atoms with E-state index in [1.54, 1.807) is 0 Å². The van der Waals surface area contributed by atoms with Crippen molar-refractivity contribution in [2.45, 2.75) is 52.0 Å². The Morgan fingerprint density at radius 2 is 1.90 bits per heavy atom. The molecule has 0 saturated carbocycles. The number of rotatable bonds is 0. The maximum absolute atomic E-state index is 15.0. The van der Waals surface area contributed by atoms with E-state index < -0.39 is 0 Å². The van der Waals surface area contributed by atoms with E-state index in [0.29, 0.717) is 5.52 Å². The Hall–Kier alpha value is -1.64. The van der Waals surface area contributed by atoms with Gasteiger partial charge in [-0.2, -0.15) is 0 Å². The largest absolute Gasteiger partial charge is 0.348 e. The Labute approximate surface area is 125 Å². The Morgan fingerprint density at radius 3 is 2.62 bits per heavy atom. The Morgan fingerprint density at radius 1 is 1.19 bits per heavy atom. The number of nitrogens with zero attached hydrogens (tertiary/aromatic N) is 2. The van der Waals surface area contributed by atoms with E-state index in [2.05, 4.69) is 26.8 Å². The number of hydrogen-bond donors (Lipinski definition) is 0. The van der Waals surface area contributed by atoms with Crippen molar-refractivity contribution >= 4 is 16.6 Å². The van der Waals surface area contributed by atoms with E-state index in [1.807, 2.05) is 23.9 Å². The highest BCUT2D eigenvalue weighted by Crippen LogP contribution is 2.31. The van der Waals surface area contributed by atoms with Crippen LogP contribution in [-0.2, 0) is 13.5 Å². The maximum atomic E-state index is 15.0.